The third kappa shape index (κ3) is 4.56. The summed E-state index contributed by atoms with van der Waals surface area (Å²) in [6.07, 6.45) is 4.83. The molecular weight excluding hydrogens is 386 g/mol. The molecule has 0 radical (unpaired) electrons. The normalized spacial score (nSPS) is 14.5. The Hall–Kier alpha value is -3.49. The van der Waals surface area contributed by atoms with Gasteiger partial charge in [0.15, 0.2) is 12.4 Å². The van der Waals surface area contributed by atoms with Crippen molar-refractivity contribution in [3.63, 3.8) is 0 Å². The number of nitrogens with zero attached hydrogens (tertiary/aromatic N) is 5. The van der Waals surface area contributed by atoms with Crippen molar-refractivity contribution in [3.05, 3.63) is 48.2 Å². The summed E-state index contributed by atoms with van der Waals surface area (Å²) in [5, 5.41) is 4.11. The van der Waals surface area contributed by atoms with E-state index in [1.54, 1.807) is 43.8 Å². The molecule has 3 aromatic rings. The van der Waals surface area contributed by atoms with E-state index in [9.17, 15) is 4.79 Å². The number of carbonyl (C=O) groups excluding carboxylic acids is 1. The van der Waals surface area contributed by atoms with Crippen LogP contribution in [0.1, 0.15) is 30.3 Å². The molecule has 0 atom stereocenters. The smallest absolute Gasteiger partial charge is 0.278 e. The summed E-state index contributed by atoms with van der Waals surface area (Å²) in [5.74, 6) is 2.51. The molecule has 0 bridgehead atoms. The molecule has 1 amide bonds. The van der Waals surface area contributed by atoms with Gasteiger partial charge < -0.3 is 18.9 Å². The number of methoxy groups -OCH3 is 1. The number of likely N-dealkylation sites (tertiary alicyclic amines) is 1. The molecular formula is C21H23N5O4. The lowest BCUT2D eigenvalue weighted by Crippen LogP contribution is -2.40. The molecule has 3 heterocycles. The second-order valence-corrected chi connectivity index (χ2v) is 7.12. The van der Waals surface area contributed by atoms with Crippen LogP contribution < -0.4 is 9.47 Å². The lowest BCUT2D eigenvalue weighted by molar-refractivity contribution is -0.134. The summed E-state index contributed by atoms with van der Waals surface area (Å²) in [6.45, 7) is 3.13. The van der Waals surface area contributed by atoms with Gasteiger partial charge in [-0.25, -0.2) is 4.98 Å². The van der Waals surface area contributed by atoms with Crippen LogP contribution in [0.3, 0.4) is 0 Å². The van der Waals surface area contributed by atoms with Gasteiger partial charge >= 0.3 is 0 Å². The molecule has 0 spiro atoms. The van der Waals surface area contributed by atoms with Crippen molar-refractivity contribution in [2.75, 3.05) is 26.8 Å². The summed E-state index contributed by atoms with van der Waals surface area (Å²) in [7, 11) is 1.61. The van der Waals surface area contributed by atoms with Gasteiger partial charge in [-0.1, -0.05) is 5.16 Å². The quantitative estimate of drug-likeness (QED) is 0.612. The first-order valence-corrected chi connectivity index (χ1v) is 9.79. The van der Waals surface area contributed by atoms with E-state index in [0.29, 0.717) is 36.2 Å². The zero-order valence-electron chi connectivity index (χ0n) is 16.9. The van der Waals surface area contributed by atoms with Crippen molar-refractivity contribution in [2.24, 2.45) is 0 Å². The Labute approximate surface area is 174 Å². The van der Waals surface area contributed by atoms with Crippen LogP contribution in [0, 0.1) is 6.92 Å². The van der Waals surface area contributed by atoms with Crippen LogP contribution in [0.2, 0.25) is 0 Å². The molecule has 9 nitrogen and oxygen atoms in total. The number of piperidine rings is 1. The maximum absolute atomic E-state index is 12.5. The monoisotopic (exact) mass is 409 g/mol. The number of rotatable bonds is 6. The Kier molecular flexibility index (Phi) is 5.87. The van der Waals surface area contributed by atoms with Crippen LogP contribution in [-0.4, -0.2) is 57.7 Å². The number of carbonyl (C=O) groups is 1. The van der Waals surface area contributed by atoms with E-state index in [1.165, 1.54) is 0 Å². The van der Waals surface area contributed by atoms with Crippen molar-refractivity contribution < 1.29 is 18.8 Å². The third-order valence-corrected chi connectivity index (χ3v) is 5.08. The summed E-state index contributed by atoms with van der Waals surface area (Å²) in [6, 6.07) is 7.16. The van der Waals surface area contributed by atoms with Gasteiger partial charge in [0.1, 0.15) is 17.2 Å². The van der Waals surface area contributed by atoms with Crippen LogP contribution in [0.4, 0.5) is 0 Å². The minimum Gasteiger partial charge on any atom is -0.497 e. The fraction of sp³-hybridized carbons (Fsp3) is 0.381. The highest BCUT2D eigenvalue weighted by Gasteiger charge is 2.27. The zero-order valence-corrected chi connectivity index (χ0v) is 16.9. The highest BCUT2D eigenvalue weighted by Crippen LogP contribution is 2.27. The van der Waals surface area contributed by atoms with Crippen molar-refractivity contribution in [3.8, 4) is 23.1 Å². The molecule has 0 aliphatic carbocycles. The summed E-state index contributed by atoms with van der Waals surface area (Å²) in [5.41, 5.74) is 1.38. The van der Waals surface area contributed by atoms with E-state index in [0.717, 1.165) is 24.3 Å². The Bertz CT molecular complexity index is 979. The predicted octanol–water partition coefficient (Wildman–Crippen LogP) is 2.63. The van der Waals surface area contributed by atoms with Crippen LogP contribution in [0.25, 0.3) is 11.6 Å². The van der Waals surface area contributed by atoms with E-state index in [4.69, 9.17) is 14.0 Å². The van der Waals surface area contributed by atoms with Gasteiger partial charge in [0.05, 0.1) is 19.0 Å². The van der Waals surface area contributed by atoms with Crippen LogP contribution >= 0.6 is 0 Å². The maximum atomic E-state index is 12.5. The lowest BCUT2D eigenvalue weighted by Gasteiger charge is -2.30. The van der Waals surface area contributed by atoms with E-state index in [2.05, 4.69) is 20.1 Å². The molecule has 1 aliphatic heterocycles. The van der Waals surface area contributed by atoms with Gasteiger partial charge in [-0.15, -0.1) is 0 Å². The van der Waals surface area contributed by atoms with Crippen LogP contribution in [0.15, 0.2) is 41.2 Å². The van der Waals surface area contributed by atoms with Gasteiger partial charge in [0, 0.05) is 25.2 Å². The number of ether oxygens (including phenoxy) is 2. The fourth-order valence-corrected chi connectivity index (χ4v) is 3.30. The second kappa shape index (κ2) is 8.89. The number of aromatic nitrogens is 4. The minimum absolute atomic E-state index is 0.00937. The number of hydrogen-bond acceptors (Lipinski definition) is 8. The lowest BCUT2D eigenvalue weighted by atomic mass is 9.96. The van der Waals surface area contributed by atoms with Gasteiger partial charge in [-0.3, -0.25) is 9.78 Å². The fourth-order valence-electron chi connectivity index (χ4n) is 3.30. The average Bonchev–Trinajstić information content (AvgIpc) is 3.29. The van der Waals surface area contributed by atoms with Gasteiger partial charge in [-0.05, 0) is 44.0 Å². The predicted molar refractivity (Wildman–Crippen MR) is 107 cm³/mol. The molecule has 1 aliphatic rings. The molecule has 156 valence electrons. The second-order valence-electron chi connectivity index (χ2n) is 7.12. The summed E-state index contributed by atoms with van der Waals surface area (Å²) in [4.78, 5) is 27.2. The van der Waals surface area contributed by atoms with Crippen molar-refractivity contribution >= 4 is 5.91 Å². The molecule has 0 unspecified atom stereocenters. The largest absolute Gasteiger partial charge is 0.497 e. The highest BCUT2D eigenvalue weighted by atomic mass is 16.5. The molecule has 1 saturated heterocycles. The number of benzene rings is 1. The minimum atomic E-state index is -0.0343. The Morgan fingerprint density at radius 2 is 1.87 bits per heavy atom. The SMILES string of the molecule is COc1ccc(OCC(=O)N2CCC(c3noc(-c4cnc(C)cn4)n3)CC2)cc1. The first-order chi connectivity index (χ1) is 14.6. The molecule has 9 heteroatoms. The Morgan fingerprint density at radius 3 is 2.53 bits per heavy atom. The van der Waals surface area contributed by atoms with Gasteiger partial charge in [0.2, 0.25) is 0 Å². The molecule has 4 rings (SSSR count). The average molecular weight is 409 g/mol. The van der Waals surface area contributed by atoms with Crippen LogP contribution in [-0.2, 0) is 4.79 Å². The van der Waals surface area contributed by atoms with E-state index in [-0.39, 0.29) is 18.4 Å². The van der Waals surface area contributed by atoms with Crippen molar-refractivity contribution in [2.45, 2.75) is 25.7 Å². The van der Waals surface area contributed by atoms with E-state index >= 15 is 0 Å². The summed E-state index contributed by atoms with van der Waals surface area (Å²) >= 11 is 0. The molecule has 0 N–H and O–H groups in total. The Balaban J connectivity index is 1.28. The molecule has 30 heavy (non-hydrogen) atoms. The third-order valence-electron chi connectivity index (χ3n) is 5.08. The first-order valence-electron chi connectivity index (χ1n) is 9.79. The molecule has 2 aromatic heterocycles. The first kappa shape index (κ1) is 19.8. The van der Waals surface area contributed by atoms with E-state index in [1.807, 2.05) is 11.8 Å². The van der Waals surface area contributed by atoms with Crippen LogP contribution in [0.5, 0.6) is 11.5 Å². The molecule has 0 saturated carbocycles. The van der Waals surface area contributed by atoms with Crippen molar-refractivity contribution in [1.82, 2.24) is 25.0 Å². The Morgan fingerprint density at radius 1 is 1.13 bits per heavy atom. The highest BCUT2D eigenvalue weighted by molar-refractivity contribution is 5.77. The number of hydrogen-bond donors (Lipinski definition) is 0. The topological polar surface area (TPSA) is 103 Å². The standard InChI is InChI=1S/C21H23N5O4/c1-14-11-23-18(12-22-14)21-24-20(25-30-21)15-7-9-26(10-8-15)19(27)13-29-17-5-3-16(28-2)4-6-17/h3-6,11-12,15H,7-10,13H2,1-2H3. The van der Waals surface area contributed by atoms with E-state index < -0.39 is 0 Å². The molecule has 1 fully saturated rings. The zero-order chi connectivity index (χ0) is 20.9. The van der Waals surface area contributed by atoms with Crippen molar-refractivity contribution in [1.29, 1.82) is 0 Å². The van der Waals surface area contributed by atoms with Gasteiger partial charge in [-0.2, -0.15) is 4.98 Å². The number of aryl methyl sites for hydroxylation is 1. The summed E-state index contributed by atoms with van der Waals surface area (Å²) < 4.78 is 16.1. The number of amides is 1. The molecule has 1 aromatic carbocycles. The maximum Gasteiger partial charge on any atom is 0.278 e. The van der Waals surface area contributed by atoms with Gasteiger partial charge in [0.25, 0.3) is 11.8 Å².